The van der Waals surface area contributed by atoms with Gasteiger partial charge >= 0.3 is 0 Å². The van der Waals surface area contributed by atoms with Crippen LogP contribution in [0.15, 0.2) is 42.7 Å². The number of rotatable bonds is 4. The molecule has 0 fully saturated rings. The zero-order valence-electron chi connectivity index (χ0n) is 12.3. The first-order valence-corrected chi connectivity index (χ1v) is 7.31. The maximum Gasteiger partial charge on any atom is 0.269 e. The number of amides is 2. The van der Waals surface area contributed by atoms with E-state index in [1.165, 1.54) is 11.0 Å². The molecule has 8 nitrogen and oxygen atoms in total. The van der Waals surface area contributed by atoms with Crippen LogP contribution in [-0.2, 0) is 4.79 Å². The Morgan fingerprint density at radius 3 is 2.70 bits per heavy atom. The van der Waals surface area contributed by atoms with Crippen LogP contribution in [0.4, 0.5) is 0 Å². The highest BCUT2D eigenvalue weighted by atomic mass is 16.2. The Labute approximate surface area is 132 Å². The molecular formula is C15H16N6O2. The van der Waals surface area contributed by atoms with E-state index in [1.54, 1.807) is 24.3 Å². The van der Waals surface area contributed by atoms with Crippen LogP contribution in [0.1, 0.15) is 29.6 Å². The molecule has 1 aliphatic carbocycles. The van der Waals surface area contributed by atoms with Crippen LogP contribution in [0, 0.1) is 5.92 Å². The molecule has 0 aliphatic heterocycles. The Morgan fingerprint density at radius 2 is 2.04 bits per heavy atom. The summed E-state index contributed by atoms with van der Waals surface area (Å²) in [4.78, 5) is 23.8. The van der Waals surface area contributed by atoms with E-state index in [0.29, 0.717) is 12.0 Å². The molecule has 2 N–H and O–H groups in total. The Bertz CT molecular complexity index is 708. The molecule has 0 radical (unpaired) electrons. The molecule has 8 heteroatoms. The highest BCUT2D eigenvalue weighted by Gasteiger charge is 2.14. The van der Waals surface area contributed by atoms with Crippen molar-refractivity contribution in [3.63, 3.8) is 0 Å². The summed E-state index contributed by atoms with van der Waals surface area (Å²) in [6.07, 6.45) is 7.96. The molecule has 0 saturated heterocycles. The van der Waals surface area contributed by atoms with Gasteiger partial charge in [0.15, 0.2) is 0 Å². The van der Waals surface area contributed by atoms with Crippen molar-refractivity contribution in [3.8, 4) is 5.69 Å². The van der Waals surface area contributed by atoms with E-state index in [2.05, 4.69) is 32.5 Å². The second kappa shape index (κ2) is 6.82. The molecule has 1 heterocycles. The molecule has 1 aromatic heterocycles. The zero-order valence-corrected chi connectivity index (χ0v) is 12.3. The summed E-state index contributed by atoms with van der Waals surface area (Å²) in [5.74, 6) is -0.300. The number of tetrazole rings is 1. The Hall–Kier alpha value is -3.03. The summed E-state index contributed by atoms with van der Waals surface area (Å²) in [5.41, 5.74) is 6.03. The predicted molar refractivity (Wildman–Crippen MR) is 81.2 cm³/mol. The summed E-state index contributed by atoms with van der Waals surface area (Å²) < 4.78 is 1.48. The van der Waals surface area contributed by atoms with Gasteiger partial charge in [-0.05, 0) is 53.5 Å². The number of allylic oxidation sites excluding steroid dienone is 2. The van der Waals surface area contributed by atoms with Crippen LogP contribution >= 0.6 is 0 Å². The monoisotopic (exact) mass is 312 g/mol. The summed E-state index contributed by atoms with van der Waals surface area (Å²) >= 11 is 0. The minimum absolute atomic E-state index is 0.194. The molecule has 1 aromatic carbocycles. The molecule has 3 rings (SSSR count). The fourth-order valence-corrected chi connectivity index (χ4v) is 2.40. The maximum atomic E-state index is 12.0. The lowest BCUT2D eigenvalue weighted by Crippen LogP contribution is -2.42. The lowest BCUT2D eigenvalue weighted by molar-refractivity contribution is -0.122. The minimum atomic E-state index is -0.372. The summed E-state index contributed by atoms with van der Waals surface area (Å²) in [7, 11) is 0. The van der Waals surface area contributed by atoms with Gasteiger partial charge in [0.05, 0.1) is 5.69 Å². The van der Waals surface area contributed by atoms with Gasteiger partial charge in [0, 0.05) is 12.0 Å². The number of carbonyl (C=O) groups is 2. The fraction of sp³-hybridized carbons (Fsp3) is 0.267. The highest BCUT2D eigenvalue weighted by Crippen LogP contribution is 2.19. The van der Waals surface area contributed by atoms with Gasteiger partial charge in [-0.3, -0.25) is 20.4 Å². The molecule has 118 valence electrons. The molecular weight excluding hydrogens is 296 g/mol. The highest BCUT2D eigenvalue weighted by molar-refractivity contribution is 5.95. The molecule has 1 atom stereocenters. The minimum Gasteiger partial charge on any atom is -0.273 e. The number of hydrogen-bond donors (Lipinski definition) is 2. The quantitative estimate of drug-likeness (QED) is 0.641. The SMILES string of the molecule is O=C(CC1C=CCC1)NNC(=O)c1ccc(-n2cnnn2)cc1. The van der Waals surface area contributed by atoms with Gasteiger partial charge in [-0.1, -0.05) is 12.2 Å². The summed E-state index contributed by atoms with van der Waals surface area (Å²) in [5, 5.41) is 10.9. The van der Waals surface area contributed by atoms with Crippen molar-refractivity contribution in [2.24, 2.45) is 5.92 Å². The largest absolute Gasteiger partial charge is 0.273 e. The molecule has 23 heavy (non-hydrogen) atoms. The number of hydrogen-bond acceptors (Lipinski definition) is 5. The van der Waals surface area contributed by atoms with Gasteiger partial charge < -0.3 is 0 Å². The average Bonchev–Trinajstić information content (AvgIpc) is 3.26. The van der Waals surface area contributed by atoms with Crippen LogP contribution in [0.5, 0.6) is 0 Å². The maximum absolute atomic E-state index is 12.0. The first kappa shape index (κ1) is 14.9. The van der Waals surface area contributed by atoms with E-state index in [4.69, 9.17) is 0 Å². The van der Waals surface area contributed by atoms with E-state index in [-0.39, 0.29) is 17.7 Å². The van der Waals surface area contributed by atoms with E-state index >= 15 is 0 Å². The van der Waals surface area contributed by atoms with Crippen molar-refractivity contribution in [1.29, 1.82) is 0 Å². The molecule has 0 saturated carbocycles. The standard InChI is InChI=1S/C15H16N6O2/c22-14(9-11-3-1-2-4-11)17-18-15(23)12-5-7-13(8-6-12)21-10-16-19-20-21/h1,3,5-8,10-11H,2,4,9H2,(H,17,22)(H,18,23). The fourth-order valence-electron chi connectivity index (χ4n) is 2.40. The second-order valence-corrected chi connectivity index (χ2v) is 5.27. The third kappa shape index (κ3) is 3.79. The third-order valence-electron chi connectivity index (χ3n) is 3.62. The van der Waals surface area contributed by atoms with Crippen molar-refractivity contribution >= 4 is 11.8 Å². The Kier molecular flexibility index (Phi) is 4.41. The Morgan fingerprint density at radius 1 is 1.22 bits per heavy atom. The first-order chi connectivity index (χ1) is 11.2. The smallest absolute Gasteiger partial charge is 0.269 e. The molecule has 0 bridgehead atoms. The normalized spacial score (nSPS) is 16.3. The lowest BCUT2D eigenvalue weighted by atomic mass is 10.1. The summed E-state index contributed by atoms with van der Waals surface area (Å²) in [6, 6.07) is 6.71. The van der Waals surface area contributed by atoms with Crippen molar-refractivity contribution in [2.45, 2.75) is 19.3 Å². The van der Waals surface area contributed by atoms with E-state index < -0.39 is 0 Å². The molecule has 0 spiro atoms. The van der Waals surface area contributed by atoms with Crippen molar-refractivity contribution < 1.29 is 9.59 Å². The van der Waals surface area contributed by atoms with Gasteiger partial charge in [0.2, 0.25) is 5.91 Å². The van der Waals surface area contributed by atoms with E-state index in [1.807, 2.05) is 6.08 Å². The van der Waals surface area contributed by atoms with Crippen LogP contribution < -0.4 is 10.9 Å². The lowest BCUT2D eigenvalue weighted by Gasteiger charge is -2.10. The molecule has 2 amide bonds. The zero-order chi connectivity index (χ0) is 16.1. The third-order valence-corrected chi connectivity index (χ3v) is 3.62. The molecule has 2 aromatic rings. The molecule has 1 unspecified atom stereocenters. The number of aromatic nitrogens is 4. The predicted octanol–water partition coefficient (Wildman–Crippen LogP) is 0.780. The van der Waals surface area contributed by atoms with E-state index in [9.17, 15) is 9.59 Å². The van der Waals surface area contributed by atoms with Gasteiger partial charge in [-0.25, -0.2) is 4.68 Å². The van der Waals surface area contributed by atoms with Crippen molar-refractivity contribution in [2.75, 3.05) is 0 Å². The van der Waals surface area contributed by atoms with Gasteiger partial charge in [0.25, 0.3) is 5.91 Å². The molecule has 1 aliphatic rings. The van der Waals surface area contributed by atoms with Crippen LogP contribution in [0.25, 0.3) is 5.69 Å². The van der Waals surface area contributed by atoms with Gasteiger partial charge in [-0.15, -0.1) is 5.10 Å². The van der Waals surface area contributed by atoms with Crippen LogP contribution in [0.2, 0.25) is 0 Å². The Balaban J connectivity index is 1.51. The van der Waals surface area contributed by atoms with Gasteiger partial charge in [0.1, 0.15) is 6.33 Å². The van der Waals surface area contributed by atoms with Gasteiger partial charge in [-0.2, -0.15) is 0 Å². The van der Waals surface area contributed by atoms with Crippen molar-refractivity contribution in [1.82, 2.24) is 31.1 Å². The number of nitrogens with one attached hydrogen (secondary N) is 2. The number of hydrazine groups is 1. The summed E-state index contributed by atoms with van der Waals surface area (Å²) in [6.45, 7) is 0. The number of carbonyl (C=O) groups excluding carboxylic acids is 2. The second-order valence-electron chi connectivity index (χ2n) is 5.27. The van der Waals surface area contributed by atoms with Crippen LogP contribution in [-0.4, -0.2) is 32.0 Å². The number of nitrogens with zero attached hydrogens (tertiary/aromatic N) is 4. The van der Waals surface area contributed by atoms with Crippen LogP contribution in [0.3, 0.4) is 0 Å². The van der Waals surface area contributed by atoms with Crippen molar-refractivity contribution in [3.05, 3.63) is 48.3 Å². The van der Waals surface area contributed by atoms with E-state index in [0.717, 1.165) is 18.5 Å². The first-order valence-electron chi connectivity index (χ1n) is 7.31. The number of benzene rings is 1. The average molecular weight is 312 g/mol. The topological polar surface area (TPSA) is 102 Å².